The first kappa shape index (κ1) is 15.3. The molecule has 1 aromatic heterocycles. The van der Waals surface area contributed by atoms with Crippen molar-refractivity contribution < 1.29 is 17.9 Å². The first-order valence-corrected chi connectivity index (χ1v) is 8.96. The first-order chi connectivity index (χ1) is 9.45. The number of rotatable bonds is 7. The summed E-state index contributed by atoms with van der Waals surface area (Å²) < 4.78 is 28.3. The van der Waals surface area contributed by atoms with Crippen molar-refractivity contribution in [3.05, 3.63) is 11.4 Å². The molecule has 0 radical (unpaired) electrons. The van der Waals surface area contributed by atoms with E-state index >= 15 is 0 Å². The molecule has 1 heterocycles. The van der Waals surface area contributed by atoms with Gasteiger partial charge in [0.15, 0.2) is 5.69 Å². The molecule has 1 aliphatic carbocycles. The quantitative estimate of drug-likeness (QED) is 0.474. The van der Waals surface area contributed by atoms with E-state index in [-0.39, 0.29) is 23.1 Å². The van der Waals surface area contributed by atoms with Gasteiger partial charge >= 0.3 is 5.97 Å². The SMILES string of the molecule is CCCCCOC(=O)c1n[nH]c(C2CC2)c1S(=O)(=O)Cl. The van der Waals surface area contributed by atoms with Gasteiger partial charge in [-0.05, 0) is 19.3 Å². The van der Waals surface area contributed by atoms with E-state index in [0.717, 1.165) is 32.1 Å². The molecule has 0 bridgehead atoms. The summed E-state index contributed by atoms with van der Waals surface area (Å²) in [6.07, 6.45) is 4.43. The molecular formula is C12H17ClN2O4S. The van der Waals surface area contributed by atoms with Crippen LogP contribution in [0.15, 0.2) is 4.90 Å². The number of ether oxygens (including phenoxy) is 1. The fourth-order valence-electron chi connectivity index (χ4n) is 1.96. The van der Waals surface area contributed by atoms with E-state index in [2.05, 4.69) is 10.2 Å². The third-order valence-electron chi connectivity index (χ3n) is 3.15. The van der Waals surface area contributed by atoms with E-state index in [0.29, 0.717) is 5.69 Å². The van der Waals surface area contributed by atoms with E-state index in [1.54, 1.807) is 0 Å². The van der Waals surface area contributed by atoms with Gasteiger partial charge in [0.05, 0.1) is 12.3 Å². The lowest BCUT2D eigenvalue weighted by atomic mass is 10.2. The fourth-order valence-corrected chi connectivity index (χ4v) is 3.27. The lowest BCUT2D eigenvalue weighted by Crippen LogP contribution is -2.11. The zero-order valence-electron chi connectivity index (χ0n) is 11.2. The molecule has 0 atom stereocenters. The summed E-state index contributed by atoms with van der Waals surface area (Å²) in [4.78, 5) is 11.7. The van der Waals surface area contributed by atoms with Crippen LogP contribution >= 0.6 is 10.7 Å². The Hall–Kier alpha value is -1.08. The molecule has 0 unspecified atom stereocenters. The first-order valence-electron chi connectivity index (χ1n) is 6.65. The topological polar surface area (TPSA) is 89.1 Å². The highest BCUT2D eigenvalue weighted by Gasteiger charge is 2.36. The number of carbonyl (C=O) groups excluding carboxylic acids is 1. The molecule has 20 heavy (non-hydrogen) atoms. The van der Waals surface area contributed by atoms with Crippen LogP contribution in [0.2, 0.25) is 0 Å². The van der Waals surface area contributed by atoms with Gasteiger partial charge in [-0.15, -0.1) is 0 Å². The monoisotopic (exact) mass is 320 g/mol. The number of aromatic nitrogens is 2. The molecule has 0 saturated heterocycles. The Morgan fingerprint density at radius 3 is 2.70 bits per heavy atom. The van der Waals surface area contributed by atoms with E-state index < -0.39 is 15.0 Å². The van der Waals surface area contributed by atoms with Crippen LogP contribution in [0.25, 0.3) is 0 Å². The van der Waals surface area contributed by atoms with E-state index in [1.807, 2.05) is 6.92 Å². The Morgan fingerprint density at radius 1 is 1.45 bits per heavy atom. The minimum absolute atomic E-state index is 0.0904. The molecule has 0 amide bonds. The Morgan fingerprint density at radius 2 is 2.15 bits per heavy atom. The Kier molecular flexibility index (Phi) is 4.70. The van der Waals surface area contributed by atoms with Crippen molar-refractivity contribution >= 4 is 25.7 Å². The molecule has 2 rings (SSSR count). The lowest BCUT2D eigenvalue weighted by Gasteiger charge is -2.03. The molecule has 8 heteroatoms. The van der Waals surface area contributed by atoms with Crippen molar-refractivity contribution in [1.82, 2.24) is 10.2 Å². The molecule has 0 aliphatic heterocycles. The zero-order chi connectivity index (χ0) is 14.8. The second-order valence-electron chi connectivity index (χ2n) is 4.87. The van der Waals surface area contributed by atoms with Gasteiger partial charge in [-0.25, -0.2) is 13.2 Å². The number of nitrogens with one attached hydrogen (secondary N) is 1. The Balaban J connectivity index is 2.17. The van der Waals surface area contributed by atoms with Crippen molar-refractivity contribution in [2.75, 3.05) is 6.61 Å². The number of nitrogens with zero attached hydrogens (tertiary/aromatic N) is 1. The molecule has 1 fully saturated rings. The highest BCUT2D eigenvalue weighted by Crippen LogP contribution is 2.43. The van der Waals surface area contributed by atoms with Gasteiger partial charge in [-0.2, -0.15) is 5.10 Å². The number of hydrogen-bond donors (Lipinski definition) is 1. The fraction of sp³-hybridized carbons (Fsp3) is 0.667. The number of esters is 1. The predicted molar refractivity (Wildman–Crippen MR) is 73.4 cm³/mol. The summed E-state index contributed by atoms with van der Waals surface area (Å²) in [7, 11) is 1.39. The maximum absolute atomic E-state index is 11.9. The molecular weight excluding hydrogens is 304 g/mol. The minimum Gasteiger partial charge on any atom is -0.461 e. The Bertz CT molecular complexity index is 593. The highest BCUT2D eigenvalue weighted by atomic mass is 35.7. The largest absolute Gasteiger partial charge is 0.461 e. The van der Waals surface area contributed by atoms with E-state index in [9.17, 15) is 13.2 Å². The molecule has 1 aliphatic rings. The predicted octanol–water partition coefficient (Wildman–Crippen LogP) is 2.56. The van der Waals surface area contributed by atoms with Crippen LogP contribution in [0.1, 0.15) is 61.1 Å². The van der Waals surface area contributed by atoms with Crippen molar-refractivity contribution in [3.63, 3.8) is 0 Å². The molecule has 1 N–H and O–H groups in total. The maximum atomic E-state index is 11.9. The van der Waals surface area contributed by atoms with Crippen molar-refractivity contribution in [3.8, 4) is 0 Å². The summed E-state index contributed by atoms with van der Waals surface area (Å²) in [5.74, 6) is -0.656. The second kappa shape index (κ2) is 6.13. The molecule has 6 nitrogen and oxygen atoms in total. The minimum atomic E-state index is -4.03. The van der Waals surface area contributed by atoms with Crippen LogP contribution in [0.5, 0.6) is 0 Å². The van der Waals surface area contributed by atoms with Crippen molar-refractivity contribution in [1.29, 1.82) is 0 Å². The highest BCUT2D eigenvalue weighted by molar-refractivity contribution is 8.13. The van der Waals surface area contributed by atoms with E-state index in [4.69, 9.17) is 15.4 Å². The zero-order valence-corrected chi connectivity index (χ0v) is 12.8. The molecule has 0 spiro atoms. The normalized spacial score (nSPS) is 15.3. The molecule has 0 aromatic carbocycles. The van der Waals surface area contributed by atoms with Gasteiger partial charge < -0.3 is 4.74 Å². The summed E-state index contributed by atoms with van der Waals surface area (Å²) >= 11 is 0. The number of unbranched alkanes of at least 4 members (excludes halogenated alkanes) is 2. The third-order valence-corrected chi connectivity index (χ3v) is 4.52. The van der Waals surface area contributed by atoms with Crippen LogP contribution < -0.4 is 0 Å². The average molecular weight is 321 g/mol. The maximum Gasteiger partial charge on any atom is 0.360 e. The van der Waals surface area contributed by atoms with Crippen molar-refractivity contribution in [2.45, 2.75) is 49.8 Å². The van der Waals surface area contributed by atoms with Crippen LogP contribution in [0.4, 0.5) is 0 Å². The molecule has 112 valence electrons. The second-order valence-corrected chi connectivity index (χ2v) is 7.37. The number of halogens is 1. The van der Waals surface area contributed by atoms with Gasteiger partial charge in [0.2, 0.25) is 0 Å². The number of H-pyrrole nitrogens is 1. The summed E-state index contributed by atoms with van der Waals surface area (Å²) in [5, 5.41) is 6.39. The average Bonchev–Trinajstić information content (AvgIpc) is 3.11. The summed E-state index contributed by atoms with van der Waals surface area (Å²) in [5.41, 5.74) is 0.180. The number of aromatic amines is 1. The van der Waals surface area contributed by atoms with Gasteiger partial charge in [0, 0.05) is 16.6 Å². The van der Waals surface area contributed by atoms with Gasteiger partial charge in [-0.1, -0.05) is 19.8 Å². The van der Waals surface area contributed by atoms with E-state index in [1.165, 1.54) is 0 Å². The van der Waals surface area contributed by atoms with Gasteiger partial charge in [0.1, 0.15) is 4.90 Å². The summed E-state index contributed by atoms with van der Waals surface area (Å²) in [6, 6.07) is 0. The van der Waals surface area contributed by atoms with Gasteiger partial charge in [0.25, 0.3) is 9.05 Å². The van der Waals surface area contributed by atoms with Crippen LogP contribution in [0, 0.1) is 0 Å². The Labute approximate surface area is 122 Å². The lowest BCUT2D eigenvalue weighted by molar-refractivity contribution is 0.0486. The number of hydrogen-bond acceptors (Lipinski definition) is 5. The van der Waals surface area contributed by atoms with Gasteiger partial charge in [-0.3, -0.25) is 5.10 Å². The van der Waals surface area contributed by atoms with Crippen LogP contribution in [-0.2, 0) is 13.8 Å². The molecule has 1 saturated carbocycles. The third kappa shape index (κ3) is 3.52. The number of carbonyl (C=O) groups is 1. The molecule has 1 aromatic rings. The summed E-state index contributed by atoms with van der Waals surface area (Å²) in [6.45, 7) is 2.29. The van der Waals surface area contributed by atoms with Crippen LogP contribution in [-0.4, -0.2) is 31.2 Å². The van der Waals surface area contributed by atoms with Crippen LogP contribution in [0.3, 0.4) is 0 Å². The smallest absolute Gasteiger partial charge is 0.360 e. The van der Waals surface area contributed by atoms with Crippen molar-refractivity contribution in [2.24, 2.45) is 0 Å². The standard InChI is InChI=1S/C12H17ClN2O4S/c1-2-3-4-7-19-12(16)10-11(20(13,17)18)9(14-15-10)8-5-6-8/h8H,2-7H2,1H3,(H,14,15).